The highest BCUT2D eigenvalue weighted by atomic mass is 16.6. The lowest BCUT2D eigenvalue weighted by molar-refractivity contribution is 0.0638. The molecule has 1 fully saturated rings. The average Bonchev–Trinajstić information content (AvgIpc) is 3.06. The van der Waals surface area contributed by atoms with Crippen molar-refractivity contribution in [2.75, 3.05) is 21.3 Å². The Morgan fingerprint density at radius 1 is 1.22 bits per heavy atom. The minimum Gasteiger partial charge on any atom is -0.497 e. The standard InChI is InChI=1S/C19H21NO3/c1-10-12-6-8-15(22-4)18-19(12)9-13(20(10)2)11-5-7-14(21-3)17(23-18)16(11)19/h5-8,10,13,18H,9H2,1-4H3/t10-,13?,18?,19+/m1/s1. The maximum atomic E-state index is 6.43. The lowest BCUT2D eigenvalue weighted by Crippen LogP contribution is -2.52. The summed E-state index contributed by atoms with van der Waals surface area (Å²) < 4.78 is 17.7. The predicted octanol–water partition coefficient (Wildman–Crippen LogP) is 2.94. The van der Waals surface area contributed by atoms with Crippen molar-refractivity contribution in [2.45, 2.75) is 36.9 Å². The second-order valence-electron chi connectivity index (χ2n) is 6.99. The first kappa shape index (κ1) is 13.5. The predicted molar refractivity (Wildman–Crippen MR) is 86.8 cm³/mol. The molecule has 0 amide bonds. The zero-order valence-electron chi connectivity index (χ0n) is 13.9. The lowest BCUT2D eigenvalue weighted by Gasteiger charge is -2.47. The number of methoxy groups -OCH3 is 2. The molecule has 0 saturated carbocycles. The summed E-state index contributed by atoms with van der Waals surface area (Å²) in [4.78, 5) is 2.49. The van der Waals surface area contributed by atoms with Crippen LogP contribution in [0.2, 0.25) is 0 Å². The van der Waals surface area contributed by atoms with Crippen molar-refractivity contribution < 1.29 is 14.2 Å². The van der Waals surface area contributed by atoms with E-state index in [2.05, 4.69) is 37.1 Å². The minimum absolute atomic E-state index is 0.0706. The van der Waals surface area contributed by atoms with E-state index in [0.717, 1.165) is 23.7 Å². The van der Waals surface area contributed by atoms with Crippen LogP contribution in [0.25, 0.3) is 0 Å². The SMILES string of the molecule is COC1=CC=C2[C@@H](C)N(C)C3C[C@@]24c2c3ccc(OC)c2OC14. The van der Waals surface area contributed by atoms with E-state index in [1.807, 2.05) is 6.07 Å². The molecule has 5 rings (SSSR count). The molecule has 0 N–H and O–H groups in total. The molecule has 120 valence electrons. The number of fused-ring (bicyclic) bond motifs is 2. The van der Waals surface area contributed by atoms with Crippen LogP contribution in [0.3, 0.4) is 0 Å². The summed E-state index contributed by atoms with van der Waals surface area (Å²) in [5, 5.41) is 0. The molecule has 4 aliphatic rings. The van der Waals surface area contributed by atoms with Crippen molar-refractivity contribution in [3.05, 3.63) is 46.7 Å². The molecule has 2 aliphatic carbocycles. The van der Waals surface area contributed by atoms with Crippen LogP contribution in [-0.4, -0.2) is 38.3 Å². The average molecular weight is 311 g/mol. The first-order valence-electron chi connectivity index (χ1n) is 8.19. The van der Waals surface area contributed by atoms with Crippen LogP contribution in [0, 0.1) is 0 Å². The highest BCUT2D eigenvalue weighted by Crippen LogP contribution is 2.67. The molecule has 0 radical (unpaired) electrons. The van der Waals surface area contributed by atoms with Gasteiger partial charge in [-0.25, -0.2) is 0 Å². The van der Waals surface area contributed by atoms with E-state index in [0.29, 0.717) is 12.1 Å². The Balaban J connectivity index is 1.86. The summed E-state index contributed by atoms with van der Waals surface area (Å²) in [6, 6.07) is 5.09. The second-order valence-corrected chi connectivity index (χ2v) is 6.99. The summed E-state index contributed by atoms with van der Waals surface area (Å²) in [6.07, 6.45) is 5.31. The number of ether oxygens (including phenoxy) is 3. The first-order chi connectivity index (χ1) is 11.1. The molecule has 4 heteroatoms. The summed E-state index contributed by atoms with van der Waals surface area (Å²) in [5.74, 6) is 2.65. The van der Waals surface area contributed by atoms with Crippen LogP contribution in [0.1, 0.15) is 30.5 Å². The van der Waals surface area contributed by atoms with Crippen LogP contribution in [0.4, 0.5) is 0 Å². The smallest absolute Gasteiger partial charge is 0.169 e. The van der Waals surface area contributed by atoms with E-state index in [4.69, 9.17) is 14.2 Å². The molecule has 2 heterocycles. The number of allylic oxidation sites excluding steroid dienone is 2. The Kier molecular flexibility index (Phi) is 2.42. The molecule has 1 aromatic rings. The molecule has 1 saturated heterocycles. The van der Waals surface area contributed by atoms with Gasteiger partial charge in [0.1, 0.15) is 5.76 Å². The van der Waals surface area contributed by atoms with Crippen molar-refractivity contribution in [3.63, 3.8) is 0 Å². The van der Waals surface area contributed by atoms with E-state index in [-0.39, 0.29) is 11.5 Å². The van der Waals surface area contributed by atoms with Crippen molar-refractivity contribution in [3.8, 4) is 11.5 Å². The van der Waals surface area contributed by atoms with E-state index < -0.39 is 0 Å². The topological polar surface area (TPSA) is 30.9 Å². The quantitative estimate of drug-likeness (QED) is 0.840. The van der Waals surface area contributed by atoms with Crippen molar-refractivity contribution in [2.24, 2.45) is 0 Å². The Labute approximate surface area is 136 Å². The van der Waals surface area contributed by atoms with E-state index in [1.54, 1.807) is 14.2 Å². The normalized spacial score (nSPS) is 36.1. The van der Waals surface area contributed by atoms with Gasteiger partial charge in [-0.1, -0.05) is 12.1 Å². The molecule has 2 bridgehead atoms. The fraction of sp³-hybridized carbons (Fsp3) is 0.474. The van der Waals surface area contributed by atoms with Crippen LogP contribution >= 0.6 is 0 Å². The van der Waals surface area contributed by atoms with E-state index >= 15 is 0 Å². The molecule has 4 nitrogen and oxygen atoms in total. The Bertz CT molecular complexity index is 781. The molecule has 0 aromatic heterocycles. The maximum absolute atomic E-state index is 6.43. The summed E-state index contributed by atoms with van der Waals surface area (Å²) >= 11 is 0. The fourth-order valence-electron chi connectivity index (χ4n) is 5.23. The Morgan fingerprint density at radius 2 is 2.04 bits per heavy atom. The van der Waals surface area contributed by atoms with E-state index in [1.165, 1.54) is 16.7 Å². The molecule has 23 heavy (non-hydrogen) atoms. The van der Waals surface area contributed by atoms with Crippen molar-refractivity contribution >= 4 is 0 Å². The molecule has 4 atom stereocenters. The van der Waals surface area contributed by atoms with Gasteiger partial charge in [0, 0.05) is 17.6 Å². The summed E-state index contributed by atoms with van der Waals surface area (Å²) in [7, 11) is 5.67. The molecular weight excluding hydrogens is 290 g/mol. The Hall–Kier alpha value is -1.94. The zero-order valence-corrected chi connectivity index (χ0v) is 13.9. The summed E-state index contributed by atoms with van der Waals surface area (Å²) in [5.41, 5.74) is 4.07. The van der Waals surface area contributed by atoms with Gasteiger partial charge in [-0.15, -0.1) is 0 Å². The number of likely N-dealkylation sites (N-methyl/N-ethyl adjacent to an activating group) is 1. The van der Waals surface area contributed by atoms with Gasteiger partial charge in [-0.05, 0) is 43.7 Å². The monoisotopic (exact) mass is 311 g/mol. The molecule has 1 aromatic carbocycles. The number of piperidine rings is 1. The van der Waals surface area contributed by atoms with Crippen LogP contribution < -0.4 is 9.47 Å². The number of hydrogen-bond donors (Lipinski definition) is 0. The molecule has 1 spiro atoms. The fourth-order valence-corrected chi connectivity index (χ4v) is 5.23. The van der Waals surface area contributed by atoms with Gasteiger partial charge in [0.05, 0.1) is 19.6 Å². The third kappa shape index (κ3) is 1.30. The van der Waals surface area contributed by atoms with Crippen molar-refractivity contribution in [1.82, 2.24) is 4.90 Å². The third-order valence-corrected chi connectivity index (χ3v) is 6.37. The van der Waals surface area contributed by atoms with Crippen LogP contribution in [0.15, 0.2) is 35.6 Å². The van der Waals surface area contributed by atoms with Gasteiger partial charge < -0.3 is 14.2 Å². The Morgan fingerprint density at radius 3 is 2.78 bits per heavy atom. The van der Waals surface area contributed by atoms with Gasteiger partial charge in [0.2, 0.25) is 0 Å². The van der Waals surface area contributed by atoms with Gasteiger partial charge >= 0.3 is 0 Å². The number of nitrogens with zero attached hydrogens (tertiary/aromatic N) is 1. The van der Waals surface area contributed by atoms with Crippen LogP contribution in [-0.2, 0) is 10.2 Å². The van der Waals surface area contributed by atoms with Gasteiger partial charge in [0.15, 0.2) is 17.6 Å². The number of likely N-dealkylation sites (tertiary alicyclic amines) is 1. The highest BCUT2D eigenvalue weighted by molar-refractivity contribution is 5.69. The zero-order chi connectivity index (χ0) is 15.9. The minimum atomic E-state index is -0.0874. The molecule has 2 unspecified atom stereocenters. The second kappa shape index (κ2) is 4.12. The maximum Gasteiger partial charge on any atom is 0.169 e. The van der Waals surface area contributed by atoms with Gasteiger partial charge in [-0.3, -0.25) is 4.90 Å². The molecular formula is C19H21NO3. The lowest BCUT2D eigenvalue weighted by atomic mass is 9.65. The number of benzene rings is 1. The largest absolute Gasteiger partial charge is 0.497 e. The van der Waals surface area contributed by atoms with Crippen LogP contribution in [0.5, 0.6) is 11.5 Å². The number of hydrogen-bond acceptors (Lipinski definition) is 4. The highest BCUT2D eigenvalue weighted by Gasteiger charge is 2.65. The third-order valence-electron chi connectivity index (χ3n) is 6.37. The first-order valence-corrected chi connectivity index (χ1v) is 8.19. The molecule has 2 aliphatic heterocycles. The number of rotatable bonds is 2. The van der Waals surface area contributed by atoms with Gasteiger partial charge in [-0.2, -0.15) is 0 Å². The van der Waals surface area contributed by atoms with Gasteiger partial charge in [0.25, 0.3) is 0 Å². The van der Waals surface area contributed by atoms with E-state index in [9.17, 15) is 0 Å². The summed E-state index contributed by atoms with van der Waals surface area (Å²) in [6.45, 7) is 2.30. The van der Waals surface area contributed by atoms with Crippen molar-refractivity contribution in [1.29, 1.82) is 0 Å².